The fourth-order valence-electron chi connectivity index (χ4n) is 3.02. The summed E-state index contributed by atoms with van der Waals surface area (Å²) in [6.45, 7) is 2.08. The number of nitriles is 1. The van der Waals surface area contributed by atoms with Crippen LogP contribution in [-0.2, 0) is 11.3 Å². The molecule has 31 heavy (non-hydrogen) atoms. The Kier molecular flexibility index (Phi) is 6.14. The number of nitrogens with one attached hydrogen (secondary N) is 1. The highest BCUT2D eigenvalue weighted by Crippen LogP contribution is 2.32. The van der Waals surface area contributed by atoms with E-state index in [0.29, 0.717) is 54.9 Å². The van der Waals surface area contributed by atoms with Crippen molar-refractivity contribution >= 4 is 17.7 Å². The lowest BCUT2D eigenvalue weighted by Crippen LogP contribution is -2.17. The highest BCUT2D eigenvalue weighted by atomic mass is 16.6. The molecule has 1 N–H and O–H groups in total. The number of anilines is 1. The quantitative estimate of drug-likeness (QED) is 0.469. The molecule has 0 saturated carbocycles. The Balaban J connectivity index is 1.41. The van der Waals surface area contributed by atoms with Gasteiger partial charge < -0.3 is 24.1 Å². The first-order valence-corrected chi connectivity index (χ1v) is 9.73. The van der Waals surface area contributed by atoms with E-state index in [9.17, 15) is 10.1 Å². The monoisotopic (exact) mass is 416 g/mol. The number of fused-ring (bicyclic) bond motifs is 1. The molecular formula is C23H20N4O4. The molecule has 2 heterocycles. The maximum absolute atomic E-state index is 12.6. The second-order valence-corrected chi connectivity index (χ2v) is 6.70. The Morgan fingerprint density at radius 1 is 1.23 bits per heavy atom. The van der Waals surface area contributed by atoms with Gasteiger partial charge in [0.1, 0.15) is 37.2 Å². The van der Waals surface area contributed by atoms with Gasteiger partial charge in [0, 0.05) is 24.1 Å². The van der Waals surface area contributed by atoms with Gasteiger partial charge >= 0.3 is 0 Å². The predicted octanol–water partition coefficient (Wildman–Crippen LogP) is 3.28. The van der Waals surface area contributed by atoms with Crippen LogP contribution >= 0.6 is 0 Å². The van der Waals surface area contributed by atoms with Gasteiger partial charge in [-0.1, -0.05) is 12.1 Å². The van der Waals surface area contributed by atoms with Gasteiger partial charge in [-0.2, -0.15) is 5.26 Å². The standard InChI is InChI=1S/C23H20N4O4/c24-15-18(23(28)26-19-4-5-21-22(14-19)31-11-10-30-21)12-17-2-1-3-20(13-17)29-9-8-27-7-6-25-16-27/h1-7,12-14,16H,8-11H2,(H,26,28)/b18-12+. The number of benzene rings is 2. The minimum atomic E-state index is -0.509. The fraction of sp³-hybridized carbons (Fsp3) is 0.174. The van der Waals surface area contributed by atoms with Crippen molar-refractivity contribution in [1.29, 1.82) is 5.26 Å². The maximum Gasteiger partial charge on any atom is 0.266 e. The van der Waals surface area contributed by atoms with Crippen LogP contribution < -0.4 is 19.5 Å². The third-order valence-electron chi connectivity index (χ3n) is 4.51. The van der Waals surface area contributed by atoms with Crippen molar-refractivity contribution in [2.45, 2.75) is 6.54 Å². The fourth-order valence-corrected chi connectivity index (χ4v) is 3.02. The molecule has 0 atom stereocenters. The van der Waals surface area contributed by atoms with Crippen LogP contribution in [0.5, 0.6) is 17.2 Å². The molecule has 0 aliphatic carbocycles. The van der Waals surface area contributed by atoms with Crippen LogP contribution in [0.4, 0.5) is 5.69 Å². The molecular weight excluding hydrogens is 396 g/mol. The van der Waals surface area contributed by atoms with Crippen LogP contribution in [0.25, 0.3) is 6.08 Å². The van der Waals surface area contributed by atoms with E-state index < -0.39 is 5.91 Å². The summed E-state index contributed by atoms with van der Waals surface area (Å²) in [6, 6.07) is 14.3. The van der Waals surface area contributed by atoms with Crippen LogP contribution in [0.15, 0.2) is 66.8 Å². The smallest absolute Gasteiger partial charge is 0.266 e. The molecule has 0 bridgehead atoms. The van der Waals surface area contributed by atoms with E-state index in [2.05, 4.69) is 10.3 Å². The number of ether oxygens (including phenoxy) is 3. The van der Waals surface area contributed by atoms with Crippen LogP contribution in [-0.4, -0.2) is 35.3 Å². The molecule has 0 radical (unpaired) electrons. The van der Waals surface area contributed by atoms with Crippen LogP contribution in [0.3, 0.4) is 0 Å². The topological polar surface area (TPSA) is 98.4 Å². The number of amides is 1. The van der Waals surface area contributed by atoms with E-state index in [0.717, 1.165) is 0 Å². The Hall–Kier alpha value is -4.25. The molecule has 1 amide bonds. The summed E-state index contributed by atoms with van der Waals surface area (Å²) >= 11 is 0. The van der Waals surface area contributed by atoms with E-state index in [1.165, 1.54) is 6.08 Å². The first-order valence-electron chi connectivity index (χ1n) is 9.73. The first kappa shape index (κ1) is 20.0. The molecule has 1 aromatic heterocycles. The van der Waals surface area contributed by atoms with Crippen LogP contribution in [0.1, 0.15) is 5.56 Å². The number of rotatable bonds is 7. The first-order chi connectivity index (χ1) is 15.2. The van der Waals surface area contributed by atoms with Gasteiger partial charge in [-0.3, -0.25) is 4.79 Å². The number of aromatic nitrogens is 2. The van der Waals surface area contributed by atoms with Gasteiger partial charge in [0.15, 0.2) is 11.5 Å². The lowest BCUT2D eigenvalue weighted by Gasteiger charge is -2.18. The summed E-state index contributed by atoms with van der Waals surface area (Å²) in [4.78, 5) is 16.6. The van der Waals surface area contributed by atoms with E-state index in [-0.39, 0.29) is 5.57 Å². The van der Waals surface area contributed by atoms with Crippen molar-refractivity contribution in [3.63, 3.8) is 0 Å². The van der Waals surface area contributed by atoms with E-state index in [4.69, 9.17) is 14.2 Å². The molecule has 0 fully saturated rings. The van der Waals surface area contributed by atoms with Gasteiger partial charge in [-0.05, 0) is 35.9 Å². The second-order valence-electron chi connectivity index (χ2n) is 6.70. The van der Waals surface area contributed by atoms with Crippen molar-refractivity contribution in [2.75, 3.05) is 25.1 Å². The molecule has 0 saturated heterocycles. The molecule has 0 unspecified atom stereocenters. The minimum absolute atomic E-state index is 0.0227. The Morgan fingerprint density at radius 2 is 2.10 bits per heavy atom. The second kappa shape index (κ2) is 9.50. The van der Waals surface area contributed by atoms with Gasteiger partial charge in [-0.15, -0.1) is 0 Å². The summed E-state index contributed by atoms with van der Waals surface area (Å²) < 4.78 is 18.7. The van der Waals surface area contributed by atoms with Crippen molar-refractivity contribution < 1.29 is 19.0 Å². The van der Waals surface area contributed by atoms with Crippen molar-refractivity contribution in [1.82, 2.24) is 9.55 Å². The molecule has 156 valence electrons. The van der Waals surface area contributed by atoms with Crippen molar-refractivity contribution in [3.8, 4) is 23.3 Å². The highest BCUT2D eigenvalue weighted by molar-refractivity contribution is 6.09. The number of carbonyl (C=O) groups excluding carboxylic acids is 1. The van der Waals surface area contributed by atoms with Crippen molar-refractivity contribution in [2.24, 2.45) is 0 Å². The van der Waals surface area contributed by atoms with Gasteiger partial charge in [0.05, 0.1) is 12.9 Å². The molecule has 8 nitrogen and oxygen atoms in total. The SMILES string of the molecule is N#C/C(=C\c1cccc(OCCn2ccnc2)c1)C(=O)Nc1ccc2c(c1)OCCO2. The van der Waals surface area contributed by atoms with Gasteiger partial charge in [-0.25, -0.2) is 4.98 Å². The summed E-state index contributed by atoms with van der Waals surface area (Å²) in [5, 5.41) is 12.2. The molecule has 8 heteroatoms. The zero-order chi connectivity index (χ0) is 21.5. The number of carbonyl (C=O) groups is 1. The largest absolute Gasteiger partial charge is 0.492 e. The van der Waals surface area contributed by atoms with E-state index in [1.807, 2.05) is 29.0 Å². The number of hydrogen-bond donors (Lipinski definition) is 1. The number of imidazole rings is 1. The zero-order valence-corrected chi connectivity index (χ0v) is 16.7. The summed E-state index contributed by atoms with van der Waals surface area (Å²) in [5.74, 6) is 1.33. The molecule has 1 aliphatic heterocycles. The molecule has 2 aromatic carbocycles. The molecule has 3 aromatic rings. The third-order valence-corrected chi connectivity index (χ3v) is 4.51. The normalized spacial score (nSPS) is 12.7. The molecule has 4 rings (SSSR count). The Bertz CT molecular complexity index is 1130. The van der Waals surface area contributed by atoms with Crippen LogP contribution in [0.2, 0.25) is 0 Å². The summed E-state index contributed by atoms with van der Waals surface area (Å²) in [6.07, 6.45) is 6.82. The van der Waals surface area contributed by atoms with Gasteiger partial charge in [0.25, 0.3) is 5.91 Å². The number of hydrogen-bond acceptors (Lipinski definition) is 6. The predicted molar refractivity (Wildman–Crippen MR) is 114 cm³/mol. The zero-order valence-electron chi connectivity index (χ0n) is 16.7. The highest BCUT2D eigenvalue weighted by Gasteiger charge is 2.14. The number of nitrogens with zero attached hydrogens (tertiary/aromatic N) is 3. The lowest BCUT2D eigenvalue weighted by molar-refractivity contribution is -0.112. The van der Waals surface area contributed by atoms with Gasteiger partial charge in [0.2, 0.25) is 0 Å². The summed E-state index contributed by atoms with van der Waals surface area (Å²) in [7, 11) is 0. The third kappa shape index (κ3) is 5.22. The van der Waals surface area contributed by atoms with E-state index in [1.54, 1.807) is 42.9 Å². The van der Waals surface area contributed by atoms with E-state index >= 15 is 0 Å². The lowest BCUT2D eigenvalue weighted by atomic mass is 10.1. The minimum Gasteiger partial charge on any atom is -0.492 e. The summed E-state index contributed by atoms with van der Waals surface area (Å²) in [5.41, 5.74) is 1.19. The average Bonchev–Trinajstić information content (AvgIpc) is 3.31. The average molecular weight is 416 g/mol. The van der Waals surface area contributed by atoms with Crippen molar-refractivity contribution in [3.05, 3.63) is 72.3 Å². The molecule has 1 aliphatic rings. The van der Waals surface area contributed by atoms with Crippen LogP contribution in [0, 0.1) is 11.3 Å². The maximum atomic E-state index is 12.6. The Morgan fingerprint density at radius 3 is 2.90 bits per heavy atom. The Labute approximate surface area is 179 Å². The molecule has 0 spiro atoms.